The highest BCUT2D eigenvalue weighted by Crippen LogP contribution is 2.37. The molecule has 0 aliphatic heterocycles. The van der Waals surface area contributed by atoms with Gasteiger partial charge in [0.2, 0.25) is 0 Å². The van der Waals surface area contributed by atoms with Crippen LogP contribution in [0.4, 0.5) is 4.39 Å². The van der Waals surface area contributed by atoms with Crippen molar-refractivity contribution in [3.63, 3.8) is 0 Å². The summed E-state index contributed by atoms with van der Waals surface area (Å²) in [6, 6.07) is 7.28. The second-order valence-corrected chi connectivity index (χ2v) is 8.86. The van der Waals surface area contributed by atoms with Gasteiger partial charge in [0.15, 0.2) is 0 Å². The second-order valence-electron chi connectivity index (χ2n) is 4.70. The van der Waals surface area contributed by atoms with E-state index >= 15 is 0 Å². The summed E-state index contributed by atoms with van der Waals surface area (Å²) in [7, 11) is 0. The quantitative estimate of drug-likeness (QED) is 0.535. The van der Waals surface area contributed by atoms with Gasteiger partial charge in [0.25, 0.3) is 0 Å². The smallest absolute Gasteiger partial charge is 0.145 e. The highest BCUT2D eigenvalue weighted by molar-refractivity contribution is 9.12. The summed E-state index contributed by atoms with van der Waals surface area (Å²) in [4.78, 5) is 0. The molecule has 21 heavy (non-hydrogen) atoms. The maximum atomic E-state index is 14.1. The first kappa shape index (κ1) is 17.4. The Morgan fingerprint density at radius 3 is 2.76 bits per heavy atom. The first-order valence-electron chi connectivity index (χ1n) is 6.64. The molecule has 0 aliphatic rings. The van der Waals surface area contributed by atoms with Gasteiger partial charge in [-0.15, -0.1) is 11.3 Å². The zero-order valence-corrected chi connectivity index (χ0v) is 16.2. The molecule has 0 spiro atoms. The maximum Gasteiger partial charge on any atom is 0.145 e. The third-order valence-electron chi connectivity index (χ3n) is 3.15. The van der Waals surface area contributed by atoms with Crippen LogP contribution in [0.15, 0.2) is 31.8 Å². The van der Waals surface area contributed by atoms with E-state index in [4.69, 9.17) is 11.6 Å². The van der Waals surface area contributed by atoms with E-state index in [1.165, 1.54) is 0 Å². The van der Waals surface area contributed by atoms with E-state index in [0.29, 0.717) is 12.0 Å². The maximum absolute atomic E-state index is 14.1. The van der Waals surface area contributed by atoms with Gasteiger partial charge in [-0.25, -0.2) is 4.39 Å². The number of rotatable bonds is 6. The summed E-state index contributed by atoms with van der Waals surface area (Å²) >= 11 is 14.6. The van der Waals surface area contributed by atoms with Gasteiger partial charge in [0, 0.05) is 6.04 Å². The Hall–Kier alpha value is 0.0600. The molecule has 114 valence electrons. The van der Waals surface area contributed by atoms with Crippen molar-refractivity contribution in [1.82, 2.24) is 5.32 Å². The van der Waals surface area contributed by atoms with Crippen LogP contribution < -0.4 is 5.32 Å². The number of thiophene rings is 1. The average Bonchev–Trinajstić information content (AvgIpc) is 2.78. The largest absolute Gasteiger partial charge is 0.310 e. The van der Waals surface area contributed by atoms with Crippen molar-refractivity contribution in [2.75, 3.05) is 6.54 Å². The van der Waals surface area contributed by atoms with Crippen LogP contribution >= 0.6 is 54.8 Å². The zero-order chi connectivity index (χ0) is 15.4. The molecular formula is C15H15Br2ClFNS. The van der Waals surface area contributed by atoms with Gasteiger partial charge in [0.1, 0.15) is 5.82 Å². The lowest BCUT2D eigenvalue weighted by Gasteiger charge is -2.19. The molecule has 2 aromatic rings. The molecule has 1 atom stereocenters. The lowest BCUT2D eigenvalue weighted by atomic mass is 10.0. The van der Waals surface area contributed by atoms with Crippen LogP contribution in [0.5, 0.6) is 0 Å². The molecule has 0 aliphatic carbocycles. The summed E-state index contributed by atoms with van der Waals surface area (Å²) in [5, 5.41) is 3.65. The summed E-state index contributed by atoms with van der Waals surface area (Å²) < 4.78 is 16.2. The van der Waals surface area contributed by atoms with Crippen LogP contribution in [-0.4, -0.2) is 6.54 Å². The van der Waals surface area contributed by atoms with Gasteiger partial charge >= 0.3 is 0 Å². The molecular weight excluding hydrogens is 440 g/mol. The minimum absolute atomic E-state index is 0.0508. The van der Waals surface area contributed by atoms with Crippen LogP contribution in [-0.2, 0) is 6.42 Å². The van der Waals surface area contributed by atoms with Crippen molar-refractivity contribution in [2.45, 2.75) is 25.8 Å². The number of hydrogen-bond acceptors (Lipinski definition) is 2. The molecule has 0 saturated carbocycles. The monoisotopic (exact) mass is 453 g/mol. The third-order valence-corrected chi connectivity index (χ3v) is 5.83. The number of benzene rings is 1. The highest BCUT2D eigenvalue weighted by atomic mass is 79.9. The molecule has 2 rings (SSSR count). The Morgan fingerprint density at radius 1 is 1.38 bits per heavy atom. The Kier molecular flexibility index (Phi) is 6.69. The van der Waals surface area contributed by atoms with Crippen LogP contribution in [0.2, 0.25) is 5.02 Å². The molecule has 0 fully saturated rings. The molecule has 0 amide bonds. The van der Waals surface area contributed by atoms with Crippen molar-refractivity contribution >= 4 is 54.8 Å². The van der Waals surface area contributed by atoms with E-state index in [1.54, 1.807) is 29.5 Å². The van der Waals surface area contributed by atoms with Crippen molar-refractivity contribution < 1.29 is 4.39 Å². The molecule has 1 unspecified atom stereocenters. The standard InChI is InChI=1S/C15H15Br2ClFNS/c1-2-6-20-12(10-8-13(16)21-15(10)17)7-9-4-3-5-11(18)14(9)19/h3-5,8,12,20H,2,6-7H2,1H3. The molecule has 1 aromatic heterocycles. The Balaban J connectivity index is 2.28. The van der Waals surface area contributed by atoms with Gasteiger partial charge in [-0.1, -0.05) is 30.7 Å². The van der Waals surface area contributed by atoms with Gasteiger partial charge < -0.3 is 5.32 Å². The third kappa shape index (κ3) is 4.52. The fourth-order valence-corrected chi connectivity index (χ4v) is 5.30. The fourth-order valence-electron chi connectivity index (χ4n) is 2.13. The molecule has 1 N–H and O–H groups in total. The van der Waals surface area contributed by atoms with E-state index in [-0.39, 0.29) is 16.9 Å². The predicted molar refractivity (Wildman–Crippen MR) is 95.9 cm³/mol. The van der Waals surface area contributed by atoms with Crippen LogP contribution in [0.25, 0.3) is 0 Å². The normalized spacial score (nSPS) is 12.6. The lowest BCUT2D eigenvalue weighted by Crippen LogP contribution is -2.24. The van der Waals surface area contributed by atoms with Gasteiger partial charge in [-0.05, 0) is 74.5 Å². The minimum Gasteiger partial charge on any atom is -0.310 e. The SMILES string of the molecule is CCCNC(Cc1cccc(Cl)c1F)c1cc(Br)sc1Br. The Morgan fingerprint density at radius 2 is 2.14 bits per heavy atom. The van der Waals surface area contributed by atoms with Crippen molar-refractivity contribution in [3.8, 4) is 0 Å². The summed E-state index contributed by atoms with van der Waals surface area (Å²) in [5.74, 6) is -0.326. The van der Waals surface area contributed by atoms with E-state index in [2.05, 4.69) is 50.2 Å². The number of halogens is 4. The lowest BCUT2D eigenvalue weighted by molar-refractivity contribution is 0.513. The van der Waals surface area contributed by atoms with Crippen LogP contribution in [0.3, 0.4) is 0 Å². The average molecular weight is 456 g/mol. The predicted octanol–water partition coefficient (Wildman–Crippen LogP) is 6.35. The summed E-state index contributed by atoms with van der Waals surface area (Å²) in [6.45, 7) is 3.00. The number of nitrogens with one attached hydrogen (secondary N) is 1. The molecule has 1 aromatic carbocycles. The number of hydrogen-bond donors (Lipinski definition) is 1. The van der Waals surface area contributed by atoms with Gasteiger partial charge in [-0.3, -0.25) is 0 Å². The fraction of sp³-hybridized carbons (Fsp3) is 0.333. The topological polar surface area (TPSA) is 12.0 Å². The van der Waals surface area contributed by atoms with E-state index in [1.807, 2.05) is 0 Å². The van der Waals surface area contributed by atoms with Crippen molar-refractivity contribution in [3.05, 3.63) is 53.8 Å². The van der Waals surface area contributed by atoms with Gasteiger partial charge in [0.05, 0.1) is 12.6 Å². The summed E-state index contributed by atoms with van der Waals surface area (Å²) in [6.07, 6.45) is 1.59. The summed E-state index contributed by atoms with van der Waals surface area (Å²) in [5.41, 5.74) is 1.77. The molecule has 0 radical (unpaired) electrons. The van der Waals surface area contributed by atoms with Crippen LogP contribution in [0.1, 0.15) is 30.5 Å². The zero-order valence-electron chi connectivity index (χ0n) is 11.4. The minimum atomic E-state index is -0.326. The molecule has 1 heterocycles. The van der Waals surface area contributed by atoms with Gasteiger partial charge in [-0.2, -0.15) is 0 Å². The molecule has 6 heteroatoms. The molecule has 1 nitrogen and oxygen atoms in total. The first-order chi connectivity index (χ1) is 10.0. The second kappa shape index (κ2) is 8.06. The highest BCUT2D eigenvalue weighted by Gasteiger charge is 2.19. The van der Waals surface area contributed by atoms with Crippen molar-refractivity contribution in [1.29, 1.82) is 0 Å². The van der Waals surface area contributed by atoms with Crippen molar-refractivity contribution in [2.24, 2.45) is 0 Å². The van der Waals surface area contributed by atoms with E-state index in [9.17, 15) is 4.39 Å². The van der Waals surface area contributed by atoms with E-state index in [0.717, 1.165) is 26.1 Å². The van der Waals surface area contributed by atoms with Crippen LogP contribution in [0, 0.1) is 5.82 Å². The first-order valence-corrected chi connectivity index (χ1v) is 9.42. The Labute approximate surface area is 150 Å². The molecule has 0 bridgehead atoms. The molecule has 0 saturated heterocycles. The Bertz CT molecular complexity index is 618. The van der Waals surface area contributed by atoms with E-state index < -0.39 is 0 Å².